The molecule has 2 N–H and O–H groups in total. The van der Waals surface area contributed by atoms with Gasteiger partial charge in [-0.15, -0.1) is 0 Å². The lowest BCUT2D eigenvalue weighted by atomic mass is 10.3. The highest BCUT2D eigenvalue weighted by atomic mass is 32.2. The minimum absolute atomic E-state index is 0.0780. The van der Waals surface area contributed by atoms with E-state index in [0.717, 1.165) is 10.9 Å². The van der Waals surface area contributed by atoms with Crippen molar-refractivity contribution in [2.45, 2.75) is 9.79 Å². The van der Waals surface area contributed by atoms with E-state index in [2.05, 4.69) is 10.4 Å². The number of hydrogen-bond donors (Lipinski definition) is 2. The van der Waals surface area contributed by atoms with Gasteiger partial charge in [0.1, 0.15) is 0 Å². The third-order valence-electron chi connectivity index (χ3n) is 3.80. The molecule has 0 fully saturated rings. The minimum atomic E-state index is -3.90. The molecule has 0 bridgehead atoms. The van der Waals surface area contributed by atoms with Crippen molar-refractivity contribution in [2.75, 3.05) is 7.05 Å². The molecular weight excluding hydrogens is 370 g/mol. The van der Waals surface area contributed by atoms with E-state index in [0.29, 0.717) is 0 Å². The Bertz CT molecular complexity index is 1170. The van der Waals surface area contributed by atoms with Gasteiger partial charge in [-0.25, -0.2) is 13.1 Å². The molecule has 0 unspecified atom stereocenters. The molecule has 0 radical (unpaired) electrons. The fourth-order valence-electron chi connectivity index (χ4n) is 2.47. The van der Waals surface area contributed by atoms with Gasteiger partial charge in [-0.1, -0.05) is 30.3 Å². The Labute approximate surface area is 154 Å². The summed E-state index contributed by atoms with van der Waals surface area (Å²) in [6.07, 6.45) is 0.966. The van der Waals surface area contributed by atoms with Gasteiger partial charge in [0.15, 0.2) is 11.4 Å². The summed E-state index contributed by atoms with van der Waals surface area (Å²) in [6, 6.07) is 13.8. The van der Waals surface area contributed by atoms with Crippen LogP contribution in [0, 0.1) is 0 Å². The zero-order valence-corrected chi connectivity index (χ0v) is 15.0. The first-order valence-corrected chi connectivity index (χ1v) is 9.29. The van der Waals surface area contributed by atoms with Gasteiger partial charge in [-0.05, 0) is 24.3 Å². The standard InChI is InChI=1S/C18H15N3O5S/c1-19-18(24)16-17(23)14(22)11-21(20-16)13-9-5-6-10-15(13)27(25,26)12-7-3-2-4-8-12/h2-11,22H,1H3,(H,19,24). The first-order valence-electron chi connectivity index (χ1n) is 7.81. The Morgan fingerprint density at radius 3 is 2.37 bits per heavy atom. The van der Waals surface area contributed by atoms with Gasteiger partial charge < -0.3 is 10.4 Å². The van der Waals surface area contributed by atoms with Gasteiger partial charge in [0.2, 0.25) is 9.84 Å². The van der Waals surface area contributed by atoms with Crippen molar-refractivity contribution in [1.82, 2.24) is 15.1 Å². The van der Waals surface area contributed by atoms with Crippen LogP contribution in [0.5, 0.6) is 5.75 Å². The van der Waals surface area contributed by atoms with Crippen LogP contribution in [-0.2, 0) is 9.84 Å². The largest absolute Gasteiger partial charge is 0.503 e. The highest BCUT2D eigenvalue weighted by Gasteiger charge is 2.23. The molecule has 138 valence electrons. The predicted molar refractivity (Wildman–Crippen MR) is 96.8 cm³/mol. The molecule has 2 aromatic carbocycles. The summed E-state index contributed by atoms with van der Waals surface area (Å²) in [5.41, 5.74) is -1.42. The molecule has 0 aliphatic rings. The van der Waals surface area contributed by atoms with E-state index < -0.39 is 32.6 Å². The van der Waals surface area contributed by atoms with Gasteiger partial charge in [-0.3, -0.25) is 9.59 Å². The van der Waals surface area contributed by atoms with Crippen molar-refractivity contribution < 1.29 is 18.3 Å². The van der Waals surface area contributed by atoms with Crippen molar-refractivity contribution in [2.24, 2.45) is 0 Å². The number of amides is 1. The van der Waals surface area contributed by atoms with Crippen LogP contribution in [0.1, 0.15) is 10.5 Å². The predicted octanol–water partition coefficient (Wildman–Crippen LogP) is 1.13. The molecule has 0 saturated carbocycles. The number of nitrogens with zero attached hydrogens (tertiary/aromatic N) is 2. The van der Waals surface area contributed by atoms with Crippen molar-refractivity contribution in [3.05, 3.63) is 76.7 Å². The summed E-state index contributed by atoms with van der Waals surface area (Å²) >= 11 is 0. The smallest absolute Gasteiger partial charge is 0.275 e. The summed E-state index contributed by atoms with van der Waals surface area (Å²) in [5.74, 6) is -1.52. The summed E-state index contributed by atoms with van der Waals surface area (Å²) < 4.78 is 27.0. The highest BCUT2D eigenvalue weighted by Crippen LogP contribution is 2.26. The third-order valence-corrected chi connectivity index (χ3v) is 5.61. The van der Waals surface area contributed by atoms with Crippen molar-refractivity contribution in [3.8, 4) is 11.4 Å². The van der Waals surface area contributed by atoms with Crippen LogP contribution >= 0.6 is 0 Å². The van der Waals surface area contributed by atoms with Crippen LogP contribution in [0.4, 0.5) is 0 Å². The van der Waals surface area contributed by atoms with E-state index in [1.807, 2.05) is 0 Å². The van der Waals surface area contributed by atoms with E-state index in [1.54, 1.807) is 30.3 Å². The topological polar surface area (TPSA) is 118 Å². The molecule has 8 nitrogen and oxygen atoms in total. The van der Waals surface area contributed by atoms with Crippen molar-refractivity contribution in [3.63, 3.8) is 0 Å². The molecule has 3 aromatic rings. The maximum atomic E-state index is 13.0. The van der Waals surface area contributed by atoms with Gasteiger partial charge in [0.05, 0.1) is 21.7 Å². The van der Waals surface area contributed by atoms with E-state index >= 15 is 0 Å². The molecule has 0 aliphatic heterocycles. The van der Waals surface area contributed by atoms with Crippen molar-refractivity contribution >= 4 is 15.7 Å². The minimum Gasteiger partial charge on any atom is -0.503 e. The van der Waals surface area contributed by atoms with Gasteiger partial charge in [-0.2, -0.15) is 5.10 Å². The maximum absolute atomic E-state index is 13.0. The molecule has 3 rings (SSSR count). The van der Waals surface area contributed by atoms with Crippen molar-refractivity contribution in [1.29, 1.82) is 0 Å². The number of nitrogens with one attached hydrogen (secondary N) is 1. The third kappa shape index (κ3) is 3.32. The van der Waals surface area contributed by atoms with E-state index in [1.165, 1.54) is 31.3 Å². The molecule has 27 heavy (non-hydrogen) atoms. The van der Waals surface area contributed by atoms with Crippen LogP contribution in [0.2, 0.25) is 0 Å². The fourth-order valence-corrected chi connectivity index (χ4v) is 3.93. The SMILES string of the molecule is CNC(=O)c1nn(-c2ccccc2S(=O)(=O)c2ccccc2)cc(O)c1=O. The number of hydrogen-bond acceptors (Lipinski definition) is 6. The molecular formula is C18H15N3O5S. The number of sulfone groups is 1. The lowest BCUT2D eigenvalue weighted by Crippen LogP contribution is -2.29. The van der Waals surface area contributed by atoms with Crippen LogP contribution in [0.25, 0.3) is 5.69 Å². The Balaban J connectivity index is 2.26. The number of benzene rings is 2. The summed E-state index contributed by atoms with van der Waals surface area (Å²) in [4.78, 5) is 23.8. The number of carbonyl (C=O) groups is 1. The van der Waals surface area contributed by atoms with Gasteiger partial charge >= 0.3 is 0 Å². The molecule has 0 spiro atoms. The van der Waals surface area contributed by atoms with Gasteiger partial charge in [0.25, 0.3) is 11.3 Å². The lowest BCUT2D eigenvalue weighted by Gasteiger charge is -2.13. The monoisotopic (exact) mass is 385 g/mol. The number of aromatic hydroxyl groups is 1. The molecule has 9 heteroatoms. The molecule has 1 amide bonds. The Morgan fingerprint density at radius 1 is 1.07 bits per heavy atom. The molecule has 0 aliphatic carbocycles. The van der Waals surface area contributed by atoms with E-state index in [9.17, 15) is 23.1 Å². The maximum Gasteiger partial charge on any atom is 0.275 e. The average Bonchev–Trinajstić information content (AvgIpc) is 2.70. The Kier molecular flexibility index (Phi) is 4.78. The molecule has 1 aromatic heterocycles. The van der Waals surface area contributed by atoms with Crippen LogP contribution < -0.4 is 10.7 Å². The van der Waals surface area contributed by atoms with Crippen LogP contribution in [-0.4, -0.2) is 36.3 Å². The Hall–Kier alpha value is -3.46. The van der Waals surface area contributed by atoms with Crippen LogP contribution in [0.3, 0.4) is 0 Å². The average molecular weight is 385 g/mol. The zero-order chi connectivity index (χ0) is 19.6. The second-order valence-corrected chi connectivity index (χ2v) is 7.42. The number of rotatable bonds is 4. The fraction of sp³-hybridized carbons (Fsp3) is 0.0556. The first-order chi connectivity index (χ1) is 12.9. The molecule has 1 heterocycles. The van der Waals surface area contributed by atoms with E-state index in [-0.39, 0.29) is 15.5 Å². The molecule has 0 saturated heterocycles. The zero-order valence-electron chi connectivity index (χ0n) is 14.2. The number of para-hydroxylation sites is 1. The summed E-state index contributed by atoms with van der Waals surface area (Å²) in [5, 5.41) is 16.1. The van der Waals surface area contributed by atoms with Gasteiger partial charge in [0, 0.05) is 7.05 Å². The number of aromatic nitrogens is 2. The second-order valence-electron chi connectivity index (χ2n) is 5.50. The van der Waals surface area contributed by atoms with E-state index in [4.69, 9.17) is 0 Å². The summed E-state index contributed by atoms with van der Waals surface area (Å²) in [6.45, 7) is 0. The number of carbonyl (C=O) groups excluding carboxylic acids is 1. The normalized spacial score (nSPS) is 11.1. The van der Waals surface area contributed by atoms with Crippen LogP contribution in [0.15, 0.2) is 75.4 Å². The molecule has 0 atom stereocenters. The quantitative estimate of drug-likeness (QED) is 0.695. The summed E-state index contributed by atoms with van der Waals surface area (Å²) in [7, 11) is -2.59. The second kappa shape index (κ2) is 7.04. The lowest BCUT2D eigenvalue weighted by molar-refractivity contribution is 0.0954. The Morgan fingerprint density at radius 2 is 1.70 bits per heavy atom. The highest BCUT2D eigenvalue weighted by molar-refractivity contribution is 7.91. The first kappa shape index (κ1) is 18.3.